The van der Waals surface area contributed by atoms with Crippen LogP contribution >= 0.6 is 11.6 Å². The van der Waals surface area contributed by atoms with E-state index in [1.165, 1.54) is 5.69 Å². The van der Waals surface area contributed by atoms with Gasteiger partial charge in [-0.25, -0.2) is 15.8 Å². The number of nitrogens with one attached hydrogen (secondary N) is 2. The lowest BCUT2D eigenvalue weighted by atomic mass is 9.98. The number of nitrogen functional groups attached to an aromatic ring is 1. The van der Waals surface area contributed by atoms with Gasteiger partial charge in [-0.05, 0) is 50.1 Å². The smallest absolute Gasteiger partial charge is 0.287 e. The molecule has 1 aromatic carbocycles. The van der Waals surface area contributed by atoms with Crippen molar-refractivity contribution < 1.29 is 4.79 Å². The van der Waals surface area contributed by atoms with E-state index in [9.17, 15) is 4.79 Å². The van der Waals surface area contributed by atoms with Crippen molar-refractivity contribution in [3.8, 4) is 0 Å². The normalized spacial score (nSPS) is 14.4. The number of amides is 1. The molecule has 8 nitrogen and oxygen atoms in total. The van der Waals surface area contributed by atoms with E-state index in [4.69, 9.17) is 17.4 Å². The Labute approximate surface area is 194 Å². The molecule has 0 radical (unpaired) electrons. The van der Waals surface area contributed by atoms with Crippen LogP contribution in [0.2, 0.25) is 5.15 Å². The number of aryl methyl sites for hydroxylation is 2. The molecule has 0 unspecified atom stereocenters. The van der Waals surface area contributed by atoms with Gasteiger partial charge in [0.1, 0.15) is 0 Å². The maximum absolute atomic E-state index is 12.4. The number of hydrazine groups is 1. The van der Waals surface area contributed by atoms with Crippen LogP contribution in [0.25, 0.3) is 5.57 Å². The van der Waals surface area contributed by atoms with Crippen molar-refractivity contribution >= 4 is 40.3 Å². The van der Waals surface area contributed by atoms with E-state index >= 15 is 0 Å². The Kier molecular flexibility index (Phi) is 7.71. The highest BCUT2D eigenvalue weighted by molar-refractivity contribution is 6.30. The monoisotopic (exact) mass is 457 g/mol. The predicted octanol–water partition coefficient (Wildman–Crippen LogP) is 3.52. The summed E-state index contributed by atoms with van der Waals surface area (Å²) in [7, 11) is 2.15. The van der Waals surface area contributed by atoms with Crippen molar-refractivity contribution in [2.24, 2.45) is 5.84 Å². The number of hydrogen-bond donors (Lipinski definition) is 3. The van der Waals surface area contributed by atoms with Crippen LogP contribution in [0, 0.1) is 6.92 Å². The molecule has 9 heteroatoms. The number of carbonyl (C=O) groups excluding carboxylic acids is 1. The van der Waals surface area contributed by atoms with Crippen molar-refractivity contribution in [3.05, 3.63) is 46.4 Å². The average Bonchev–Trinajstić information content (AvgIpc) is 2.79. The second kappa shape index (κ2) is 10.3. The van der Waals surface area contributed by atoms with Gasteiger partial charge in [0.25, 0.3) is 5.91 Å². The molecule has 1 aromatic heterocycles. The molecule has 1 aliphatic rings. The molecule has 32 heavy (non-hydrogen) atoms. The quantitative estimate of drug-likeness (QED) is 0.332. The van der Waals surface area contributed by atoms with Gasteiger partial charge >= 0.3 is 0 Å². The molecule has 1 amide bonds. The zero-order valence-corrected chi connectivity index (χ0v) is 20.0. The molecule has 1 saturated heterocycles. The fourth-order valence-electron chi connectivity index (χ4n) is 3.73. The van der Waals surface area contributed by atoms with E-state index in [0.29, 0.717) is 12.1 Å². The molecular weight excluding hydrogens is 426 g/mol. The van der Waals surface area contributed by atoms with E-state index < -0.39 is 5.91 Å². The number of benzene rings is 1. The van der Waals surface area contributed by atoms with Crippen LogP contribution in [-0.2, 0) is 6.42 Å². The molecule has 0 aliphatic carbocycles. The lowest BCUT2D eigenvalue weighted by molar-refractivity contribution is 0.0949. The second-order valence-corrected chi connectivity index (χ2v) is 8.40. The molecule has 0 atom stereocenters. The molecule has 172 valence electrons. The van der Waals surface area contributed by atoms with Gasteiger partial charge in [0, 0.05) is 43.1 Å². The van der Waals surface area contributed by atoms with Crippen molar-refractivity contribution in [3.63, 3.8) is 0 Å². The summed E-state index contributed by atoms with van der Waals surface area (Å²) in [5.41, 5.74) is 7.92. The first-order chi connectivity index (χ1) is 15.3. The van der Waals surface area contributed by atoms with Crippen LogP contribution in [0.5, 0.6) is 0 Å². The van der Waals surface area contributed by atoms with Crippen LogP contribution in [0.4, 0.5) is 17.2 Å². The lowest BCUT2D eigenvalue weighted by Gasteiger charge is -2.36. The van der Waals surface area contributed by atoms with Crippen molar-refractivity contribution in [2.75, 3.05) is 43.4 Å². The first-order valence-corrected chi connectivity index (χ1v) is 11.3. The molecule has 2 heterocycles. The van der Waals surface area contributed by atoms with Crippen LogP contribution in [0.15, 0.2) is 18.7 Å². The standard InChI is InChI=1S/C23H32ClN7O/c1-6-14(3)16-13-18(15(4)12-19(16)31-10-8-30(5)9-11-31)27-22-20(23(32)29-25)26-17(7-2)21(24)28-22/h12-13H,3,6-11,25H2,1-2,4-5H3,(H,27,28)(H,29,32). The third kappa shape index (κ3) is 5.03. The number of carbonyl (C=O) groups is 1. The van der Waals surface area contributed by atoms with Crippen LogP contribution in [0.3, 0.4) is 0 Å². The van der Waals surface area contributed by atoms with E-state index in [1.54, 1.807) is 0 Å². The molecule has 1 aliphatic heterocycles. The lowest BCUT2D eigenvalue weighted by Crippen LogP contribution is -2.44. The summed E-state index contributed by atoms with van der Waals surface area (Å²) in [6.07, 6.45) is 1.39. The first-order valence-electron chi connectivity index (χ1n) is 10.9. The minimum absolute atomic E-state index is 0.104. The van der Waals surface area contributed by atoms with Gasteiger partial charge in [-0.3, -0.25) is 10.2 Å². The van der Waals surface area contributed by atoms with E-state index in [0.717, 1.165) is 55.0 Å². The number of nitrogens with zero attached hydrogens (tertiary/aromatic N) is 4. The van der Waals surface area contributed by atoms with Gasteiger partial charge < -0.3 is 15.1 Å². The summed E-state index contributed by atoms with van der Waals surface area (Å²) in [4.78, 5) is 25.9. The fraction of sp³-hybridized carbons (Fsp3) is 0.435. The maximum atomic E-state index is 12.4. The van der Waals surface area contributed by atoms with E-state index in [2.05, 4.69) is 63.2 Å². The topological polar surface area (TPSA) is 99.4 Å². The number of allylic oxidation sites excluding steroid dienone is 1. The number of likely N-dealkylation sites (N-methyl/N-ethyl adjacent to an activating group) is 1. The van der Waals surface area contributed by atoms with Crippen LogP contribution < -0.4 is 21.5 Å². The first kappa shape index (κ1) is 24.0. The Morgan fingerprint density at radius 1 is 1.22 bits per heavy atom. The van der Waals surface area contributed by atoms with Gasteiger partial charge in [0.2, 0.25) is 0 Å². The Morgan fingerprint density at radius 3 is 2.50 bits per heavy atom. The highest BCUT2D eigenvalue weighted by Gasteiger charge is 2.22. The molecule has 0 spiro atoms. The number of aromatic nitrogens is 2. The third-order valence-corrected chi connectivity index (χ3v) is 6.15. The molecule has 0 saturated carbocycles. The number of hydrogen-bond acceptors (Lipinski definition) is 7. The van der Waals surface area contributed by atoms with Crippen molar-refractivity contribution in [1.82, 2.24) is 20.3 Å². The van der Waals surface area contributed by atoms with Crippen LogP contribution in [0.1, 0.15) is 47.6 Å². The number of nitrogens with two attached hydrogens (primary N) is 1. The highest BCUT2D eigenvalue weighted by Crippen LogP contribution is 2.35. The third-order valence-electron chi connectivity index (χ3n) is 5.85. The molecular formula is C23H32ClN7O. The Balaban J connectivity index is 2.05. The molecule has 0 bridgehead atoms. The summed E-state index contributed by atoms with van der Waals surface area (Å²) in [5.74, 6) is 5.10. The second-order valence-electron chi connectivity index (χ2n) is 8.04. The maximum Gasteiger partial charge on any atom is 0.287 e. The summed E-state index contributed by atoms with van der Waals surface area (Å²) in [5, 5.41) is 3.52. The summed E-state index contributed by atoms with van der Waals surface area (Å²) >= 11 is 6.30. The molecule has 2 aromatic rings. The summed E-state index contributed by atoms with van der Waals surface area (Å²) < 4.78 is 0. The largest absolute Gasteiger partial charge is 0.368 e. The van der Waals surface area contributed by atoms with Crippen LogP contribution in [-0.4, -0.2) is 54.0 Å². The minimum atomic E-state index is -0.531. The summed E-state index contributed by atoms with van der Waals surface area (Å²) in [6, 6.07) is 4.24. The fourth-order valence-corrected chi connectivity index (χ4v) is 3.99. The zero-order chi connectivity index (χ0) is 23.4. The number of piperazine rings is 1. The number of rotatable bonds is 7. The Bertz CT molecular complexity index is 1020. The van der Waals surface area contributed by atoms with Gasteiger partial charge in [0.05, 0.1) is 5.69 Å². The SMILES string of the molecule is C=C(CC)c1cc(Nc2nc(Cl)c(CC)nc2C(=O)NN)c(C)cc1N1CCN(C)CC1. The van der Waals surface area contributed by atoms with Crippen molar-refractivity contribution in [2.45, 2.75) is 33.6 Å². The predicted molar refractivity (Wildman–Crippen MR) is 132 cm³/mol. The molecule has 4 N–H and O–H groups in total. The average molecular weight is 458 g/mol. The summed E-state index contributed by atoms with van der Waals surface area (Å²) in [6.45, 7) is 14.3. The number of anilines is 3. The molecule has 3 rings (SSSR count). The Morgan fingerprint density at radius 2 is 1.91 bits per heavy atom. The van der Waals surface area contributed by atoms with E-state index in [1.807, 2.05) is 13.8 Å². The van der Waals surface area contributed by atoms with Gasteiger partial charge in [0.15, 0.2) is 16.7 Å². The van der Waals surface area contributed by atoms with Gasteiger partial charge in [-0.2, -0.15) is 0 Å². The van der Waals surface area contributed by atoms with E-state index in [-0.39, 0.29) is 16.7 Å². The number of halogens is 1. The van der Waals surface area contributed by atoms with Gasteiger partial charge in [-0.1, -0.05) is 32.0 Å². The van der Waals surface area contributed by atoms with Gasteiger partial charge in [-0.15, -0.1) is 0 Å². The highest BCUT2D eigenvalue weighted by atomic mass is 35.5. The minimum Gasteiger partial charge on any atom is -0.368 e. The zero-order valence-electron chi connectivity index (χ0n) is 19.3. The van der Waals surface area contributed by atoms with Crippen molar-refractivity contribution in [1.29, 1.82) is 0 Å². The Hall–Kier alpha value is -2.68. The molecule has 1 fully saturated rings.